The number of halogens is 1. The van der Waals surface area contributed by atoms with E-state index in [9.17, 15) is 19.5 Å². The molecule has 1 aliphatic heterocycles. The number of aliphatic hydroxyl groups excluding tert-OH is 1. The fourth-order valence-electron chi connectivity index (χ4n) is 4.58. The van der Waals surface area contributed by atoms with Crippen LogP contribution in [0.15, 0.2) is 52.2 Å². The summed E-state index contributed by atoms with van der Waals surface area (Å²) in [6.45, 7) is -1.23. The lowest BCUT2D eigenvalue weighted by Gasteiger charge is -2.29. The molecular weight excluding hydrogens is 552 g/mol. The molecule has 2 heterocycles. The third-order valence-corrected chi connectivity index (χ3v) is 9.24. The quantitative estimate of drug-likeness (QED) is 0.282. The van der Waals surface area contributed by atoms with Gasteiger partial charge in [-0.15, -0.1) is 0 Å². The Kier molecular flexibility index (Phi) is 9.41. The lowest BCUT2D eigenvalue weighted by atomic mass is 9.98. The van der Waals surface area contributed by atoms with Gasteiger partial charge in [-0.3, -0.25) is 19.1 Å². The van der Waals surface area contributed by atoms with Gasteiger partial charge in [0.2, 0.25) is 0 Å². The van der Waals surface area contributed by atoms with Crippen LogP contribution in [0.5, 0.6) is 5.75 Å². The minimum Gasteiger partial charge on any atom is -0.461 e. The maximum Gasteiger partial charge on any atom is 0.330 e. The monoisotopic (exact) mass is 585 g/mol. The summed E-state index contributed by atoms with van der Waals surface area (Å²) in [5.74, 6) is -0.121. The highest BCUT2D eigenvalue weighted by Gasteiger charge is 2.55. The summed E-state index contributed by atoms with van der Waals surface area (Å²) >= 11 is 5.69. The van der Waals surface area contributed by atoms with E-state index in [0.29, 0.717) is 5.75 Å². The molecule has 1 aliphatic carbocycles. The minimum absolute atomic E-state index is 0.151. The van der Waals surface area contributed by atoms with Gasteiger partial charge < -0.3 is 23.6 Å². The number of carbonyl (C=O) groups is 1. The number of hydrogen-bond donors (Lipinski definition) is 3. The van der Waals surface area contributed by atoms with Crippen molar-refractivity contribution in [3.63, 3.8) is 0 Å². The second-order valence-corrected chi connectivity index (χ2v) is 13.0. The molecule has 1 saturated carbocycles. The molecule has 2 unspecified atom stereocenters. The number of para-hydroxylation sites is 1. The smallest absolute Gasteiger partial charge is 0.330 e. The Labute approximate surface area is 229 Å². The highest BCUT2D eigenvalue weighted by molar-refractivity contribution is 8.09. The van der Waals surface area contributed by atoms with Crippen LogP contribution in [0.4, 0.5) is 4.39 Å². The zero-order valence-electron chi connectivity index (χ0n) is 21.7. The molecular formula is C25H33FN3O8PS. The summed E-state index contributed by atoms with van der Waals surface area (Å²) in [4.78, 5) is 38.5. The Morgan fingerprint density at radius 2 is 1.97 bits per heavy atom. The third-order valence-electron chi connectivity index (χ3n) is 6.74. The SMILES string of the molecule is CC(NP(=S)(OC[C@H]1O[C@@H](n2ccc(=O)[nH]c2=O)[C@](C)(F)[C@@H]1O)Oc1ccccc1)C(=O)OC1CCCCC1. The number of carbonyl (C=O) groups excluding carboxylic acids is 1. The Balaban J connectivity index is 1.48. The third kappa shape index (κ3) is 7.22. The fraction of sp³-hybridized carbons (Fsp3) is 0.560. The summed E-state index contributed by atoms with van der Waals surface area (Å²) < 4.78 is 39.6. The molecule has 0 radical (unpaired) electrons. The number of nitrogens with one attached hydrogen (secondary N) is 2. The van der Waals surface area contributed by atoms with E-state index < -0.39 is 60.6 Å². The number of nitrogens with zero attached hydrogens (tertiary/aromatic N) is 1. The summed E-state index contributed by atoms with van der Waals surface area (Å²) in [5.41, 5.74) is -3.96. The molecule has 1 aromatic heterocycles. The van der Waals surface area contributed by atoms with Crippen molar-refractivity contribution < 1.29 is 32.8 Å². The zero-order valence-corrected chi connectivity index (χ0v) is 23.4. The molecule has 214 valence electrons. The first-order valence-electron chi connectivity index (χ1n) is 12.8. The second kappa shape index (κ2) is 12.4. The summed E-state index contributed by atoms with van der Waals surface area (Å²) in [7, 11) is 0. The van der Waals surface area contributed by atoms with Crippen molar-refractivity contribution >= 4 is 24.4 Å². The average molecular weight is 586 g/mol. The first-order chi connectivity index (χ1) is 18.5. The van der Waals surface area contributed by atoms with Gasteiger partial charge in [0, 0.05) is 12.3 Å². The number of aromatic amines is 1. The van der Waals surface area contributed by atoms with E-state index in [1.165, 1.54) is 0 Å². The van der Waals surface area contributed by atoms with E-state index >= 15 is 4.39 Å². The van der Waals surface area contributed by atoms with Gasteiger partial charge in [-0.2, -0.15) is 0 Å². The fourth-order valence-corrected chi connectivity index (χ4v) is 7.00. The van der Waals surface area contributed by atoms with Crippen molar-refractivity contribution in [3.05, 3.63) is 63.4 Å². The van der Waals surface area contributed by atoms with Crippen LogP contribution in [0.3, 0.4) is 0 Å². The largest absolute Gasteiger partial charge is 0.461 e. The van der Waals surface area contributed by atoms with Crippen molar-refractivity contribution in [2.45, 2.75) is 82.2 Å². The van der Waals surface area contributed by atoms with Gasteiger partial charge >= 0.3 is 18.3 Å². The van der Waals surface area contributed by atoms with Crippen molar-refractivity contribution in [2.75, 3.05) is 6.61 Å². The number of ether oxygens (including phenoxy) is 2. The van der Waals surface area contributed by atoms with Gasteiger partial charge in [-0.05, 0) is 63.5 Å². The van der Waals surface area contributed by atoms with Crippen LogP contribution in [0.25, 0.3) is 0 Å². The Bertz CT molecular complexity index is 1300. The molecule has 11 nitrogen and oxygen atoms in total. The van der Waals surface area contributed by atoms with E-state index in [1.807, 2.05) is 4.98 Å². The van der Waals surface area contributed by atoms with Crippen molar-refractivity contribution in [1.29, 1.82) is 0 Å². The summed E-state index contributed by atoms with van der Waals surface area (Å²) in [5, 5.41) is 13.6. The topological polar surface area (TPSA) is 141 Å². The number of esters is 1. The Morgan fingerprint density at radius 3 is 2.64 bits per heavy atom. The molecule has 0 bridgehead atoms. The number of H-pyrrole nitrogens is 1. The molecule has 3 N–H and O–H groups in total. The highest BCUT2D eigenvalue weighted by atomic mass is 32.5. The first kappa shape index (κ1) is 29.6. The normalized spacial score (nSPS) is 27.9. The molecule has 39 heavy (non-hydrogen) atoms. The second-order valence-electron chi connectivity index (χ2n) is 9.89. The Morgan fingerprint density at radius 1 is 1.28 bits per heavy atom. The van der Waals surface area contributed by atoms with E-state index in [-0.39, 0.29) is 6.10 Å². The van der Waals surface area contributed by atoms with Crippen LogP contribution in [-0.2, 0) is 30.6 Å². The van der Waals surface area contributed by atoms with Crippen molar-refractivity contribution in [3.8, 4) is 5.75 Å². The molecule has 14 heteroatoms. The standard InChI is InChI=1S/C25H33FN3O8PS/c1-16(22(32)35-17-9-5-3-6-10-17)28-38(39,37-18-11-7-4-8-12-18)34-15-19-21(31)25(2,26)23(36-19)29-14-13-20(30)27-24(29)33/h4,7-8,11-14,16-17,19,21,23,31H,3,5-6,9-10,15H2,1-2H3,(H,28,39)(H,27,30,33)/t16?,19-,21-,23-,25-,38?/m1/s1. The number of rotatable bonds is 10. The van der Waals surface area contributed by atoms with Crippen LogP contribution < -0.4 is 20.9 Å². The van der Waals surface area contributed by atoms with Gasteiger partial charge in [0.1, 0.15) is 30.1 Å². The lowest BCUT2D eigenvalue weighted by Crippen LogP contribution is -2.43. The highest BCUT2D eigenvalue weighted by Crippen LogP contribution is 2.47. The van der Waals surface area contributed by atoms with Gasteiger partial charge in [0.25, 0.3) is 5.56 Å². The zero-order chi connectivity index (χ0) is 28.2. The predicted molar refractivity (Wildman–Crippen MR) is 144 cm³/mol. The molecule has 0 spiro atoms. The van der Waals surface area contributed by atoms with Crippen LogP contribution >= 0.6 is 6.64 Å². The molecule has 4 rings (SSSR count). The van der Waals surface area contributed by atoms with Crippen LogP contribution in [-0.4, -0.2) is 57.3 Å². The molecule has 6 atom stereocenters. The van der Waals surface area contributed by atoms with Crippen LogP contribution in [0.2, 0.25) is 0 Å². The van der Waals surface area contributed by atoms with E-state index in [1.54, 1.807) is 37.3 Å². The van der Waals surface area contributed by atoms with Gasteiger partial charge in [-0.1, -0.05) is 24.6 Å². The number of aromatic nitrogens is 2. The number of benzene rings is 1. The predicted octanol–water partition coefficient (Wildman–Crippen LogP) is 2.70. The van der Waals surface area contributed by atoms with E-state index in [0.717, 1.165) is 55.9 Å². The van der Waals surface area contributed by atoms with Crippen LogP contribution in [0.1, 0.15) is 52.2 Å². The first-order valence-corrected chi connectivity index (χ1v) is 15.4. The molecule has 2 fully saturated rings. The Hall–Kier alpha value is -2.41. The summed E-state index contributed by atoms with van der Waals surface area (Å²) in [6.07, 6.45) is 1.16. The average Bonchev–Trinajstić information content (AvgIpc) is 3.12. The van der Waals surface area contributed by atoms with E-state index in [2.05, 4.69) is 5.09 Å². The number of hydrogen-bond acceptors (Lipinski definition) is 9. The lowest BCUT2D eigenvalue weighted by molar-refractivity contribution is -0.152. The molecule has 1 saturated heterocycles. The van der Waals surface area contributed by atoms with Gasteiger partial charge in [0.05, 0.1) is 6.61 Å². The van der Waals surface area contributed by atoms with Crippen molar-refractivity contribution in [2.24, 2.45) is 0 Å². The van der Waals surface area contributed by atoms with Gasteiger partial charge in [0.15, 0.2) is 11.9 Å². The number of aliphatic hydroxyl groups is 1. The van der Waals surface area contributed by atoms with E-state index in [4.69, 9.17) is 30.3 Å². The molecule has 2 aliphatic rings. The maximum atomic E-state index is 15.6. The van der Waals surface area contributed by atoms with Crippen molar-refractivity contribution in [1.82, 2.24) is 14.6 Å². The molecule has 0 amide bonds. The van der Waals surface area contributed by atoms with Gasteiger partial charge in [-0.25, -0.2) is 14.3 Å². The summed E-state index contributed by atoms with van der Waals surface area (Å²) in [6, 6.07) is 8.75. The number of alkyl halides is 1. The minimum atomic E-state index is -3.48. The van der Waals surface area contributed by atoms with Crippen LogP contribution in [0, 0.1) is 0 Å². The maximum absolute atomic E-state index is 15.6. The molecule has 2 aromatic rings. The molecule has 1 aromatic carbocycles.